The average molecular weight is 221 g/mol. The van der Waals surface area contributed by atoms with Gasteiger partial charge in [0, 0.05) is 18.8 Å². The summed E-state index contributed by atoms with van der Waals surface area (Å²) in [5.74, 6) is 0. The van der Waals surface area contributed by atoms with Crippen LogP contribution in [-0.4, -0.2) is 25.8 Å². The molecule has 2 rings (SSSR count). The van der Waals surface area contributed by atoms with Crippen LogP contribution in [0.4, 0.5) is 17.1 Å². The van der Waals surface area contributed by atoms with E-state index in [1.807, 2.05) is 18.2 Å². The highest BCUT2D eigenvalue weighted by Crippen LogP contribution is 2.24. The lowest BCUT2D eigenvalue weighted by Gasteiger charge is -2.34. The molecular formula is C12H19N3O. The molecule has 1 saturated heterocycles. The molecule has 1 unspecified atom stereocenters. The van der Waals surface area contributed by atoms with Gasteiger partial charge in [-0.25, -0.2) is 0 Å². The first kappa shape index (κ1) is 11.1. The van der Waals surface area contributed by atoms with E-state index in [-0.39, 0.29) is 0 Å². The van der Waals surface area contributed by atoms with Gasteiger partial charge in [0.1, 0.15) is 0 Å². The Kier molecular flexibility index (Phi) is 3.19. The SMILES string of the molecule is CCC1CN(c2ccc(N)c(N)c2)CCO1. The maximum Gasteiger partial charge on any atom is 0.0748 e. The highest BCUT2D eigenvalue weighted by atomic mass is 16.5. The van der Waals surface area contributed by atoms with Crippen LogP contribution >= 0.6 is 0 Å². The monoisotopic (exact) mass is 221 g/mol. The van der Waals surface area contributed by atoms with E-state index in [4.69, 9.17) is 16.2 Å². The molecule has 88 valence electrons. The fourth-order valence-corrected chi connectivity index (χ4v) is 1.96. The topological polar surface area (TPSA) is 64.5 Å². The van der Waals surface area contributed by atoms with Crippen LogP contribution in [0.1, 0.15) is 13.3 Å². The van der Waals surface area contributed by atoms with Crippen LogP contribution in [0.15, 0.2) is 18.2 Å². The maximum atomic E-state index is 5.81. The summed E-state index contributed by atoms with van der Waals surface area (Å²) in [4.78, 5) is 2.30. The number of nitrogen functional groups attached to an aromatic ring is 2. The van der Waals surface area contributed by atoms with Crippen LogP contribution < -0.4 is 16.4 Å². The minimum atomic E-state index is 0.326. The molecule has 1 fully saturated rings. The molecule has 1 atom stereocenters. The summed E-state index contributed by atoms with van der Waals surface area (Å²) >= 11 is 0. The number of nitrogens with two attached hydrogens (primary N) is 2. The Hall–Kier alpha value is -1.42. The first-order chi connectivity index (χ1) is 7.70. The van der Waals surface area contributed by atoms with Crippen molar-refractivity contribution in [3.8, 4) is 0 Å². The smallest absolute Gasteiger partial charge is 0.0748 e. The summed E-state index contributed by atoms with van der Waals surface area (Å²) in [6.07, 6.45) is 1.37. The van der Waals surface area contributed by atoms with Gasteiger partial charge in [-0.15, -0.1) is 0 Å². The molecule has 4 nitrogen and oxygen atoms in total. The van der Waals surface area contributed by atoms with Crippen molar-refractivity contribution in [2.75, 3.05) is 36.1 Å². The van der Waals surface area contributed by atoms with Crippen molar-refractivity contribution in [2.24, 2.45) is 0 Å². The third-order valence-corrected chi connectivity index (χ3v) is 3.03. The van der Waals surface area contributed by atoms with Crippen molar-refractivity contribution in [1.82, 2.24) is 0 Å². The predicted molar refractivity (Wildman–Crippen MR) is 67.5 cm³/mol. The molecule has 0 amide bonds. The second kappa shape index (κ2) is 4.61. The van der Waals surface area contributed by atoms with Gasteiger partial charge >= 0.3 is 0 Å². The predicted octanol–water partition coefficient (Wildman–Crippen LogP) is 1.47. The second-order valence-electron chi connectivity index (χ2n) is 4.16. The first-order valence-electron chi connectivity index (χ1n) is 5.72. The third kappa shape index (κ3) is 2.22. The number of anilines is 3. The molecule has 1 aliphatic rings. The molecule has 0 saturated carbocycles. The minimum absolute atomic E-state index is 0.326. The van der Waals surface area contributed by atoms with E-state index in [0.29, 0.717) is 17.5 Å². The van der Waals surface area contributed by atoms with Gasteiger partial charge in [-0.1, -0.05) is 6.92 Å². The van der Waals surface area contributed by atoms with Crippen molar-refractivity contribution in [2.45, 2.75) is 19.4 Å². The lowest BCUT2D eigenvalue weighted by atomic mass is 10.2. The molecule has 0 bridgehead atoms. The lowest BCUT2D eigenvalue weighted by molar-refractivity contribution is 0.0384. The molecule has 1 heterocycles. The Balaban J connectivity index is 2.13. The molecular weight excluding hydrogens is 202 g/mol. The largest absolute Gasteiger partial charge is 0.397 e. The zero-order valence-electron chi connectivity index (χ0n) is 9.65. The summed E-state index contributed by atoms with van der Waals surface area (Å²) in [6, 6.07) is 5.82. The van der Waals surface area contributed by atoms with Gasteiger partial charge in [-0.05, 0) is 24.6 Å². The number of rotatable bonds is 2. The number of morpholine rings is 1. The number of hydrogen-bond acceptors (Lipinski definition) is 4. The normalized spacial score (nSPS) is 21.1. The molecule has 1 aliphatic heterocycles. The minimum Gasteiger partial charge on any atom is -0.397 e. The molecule has 0 spiro atoms. The van der Waals surface area contributed by atoms with Gasteiger partial charge in [0.05, 0.1) is 24.1 Å². The molecule has 1 aromatic rings. The molecule has 4 heteroatoms. The van der Waals surface area contributed by atoms with Crippen molar-refractivity contribution >= 4 is 17.1 Å². The Bertz CT molecular complexity index is 367. The van der Waals surface area contributed by atoms with Crippen molar-refractivity contribution in [3.05, 3.63) is 18.2 Å². The van der Waals surface area contributed by atoms with Gasteiger partial charge in [0.15, 0.2) is 0 Å². The Morgan fingerprint density at radius 3 is 2.88 bits per heavy atom. The standard InChI is InChI=1S/C12H19N3O/c1-2-10-8-15(5-6-16-10)9-3-4-11(13)12(14)7-9/h3-4,7,10H,2,5-6,8,13-14H2,1H3. The number of benzene rings is 1. The van der Waals surface area contributed by atoms with E-state index in [9.17, 15) is 0 Å². The highest BCUT2D eigenvalue weighted by Gasteiger charge is 2.19. The van der Waals surface area contributed by atoms with Gasteiger partial charge in [0.25, 0.3) is 0 Å². The average Bonchev–Trinajstić information content (AvgIpc) is 2.33. The van der Waals surface area contributed by atoms with Gasteiger partial charge in [-0.2, -0.15) is 0 Å². The Labute approximate surface area is 96.2 Å². The fraction of sp³-hybridized carbons (Fsp3) is 0.500. The molecule has 0 aromatic heterocycles. The zero-order chi connectivity index (χ0) is 11.5. The van der Waals surface area contributed by atoms with Crippen molar-refractivity contribution in [1.29, 1.82) is 0 Å². The molecule has 4 N–H and O–H groups in total. The third-order valence-electron chi connectivity index (χ3n) is 3.03. The van der Waals surface area contributed by atoms with Crippen LogP contribution in [0.25, 0.3) is 0 Å². The Morgan fingerprint density at radius 2 is 2.19 bits per heavy atom. The van der Waals surface area contributed by atoms with E-state index < -0.39 is 0 Å². The summed E-state index contributed by atoms with van der Waals surface area (Å²) in [7, 11) is 0. The van der Waals surface area contributed by atoms with Crippen LogP contribution in [0.3, 0.4) is 0 Å². The van der Waals surface area contributed by atoms with Crippen molar-refractivity contribution in [3.63, 3.8) is 0 Å². The van der Waals surface area contributed by atoms with E-state index >= 15 is 0 Å². The number of hydrogen-bond donors (Lipinski definition) is 2. The molecule has 0 aliphatic carbocycles. The zero-order valence-corrected chi connectivity index (χ0v) is 9.65. The van der Waals surface area contributed by atoms with Crippen LogP contribution in [0, 0.1) is 0 Å². The quantitative estimate of drug-likeness (QED) is 0.742. The van der Waals surface area contributed by atoms with Crippen LogP contribution in [0.5, 0.6) is 0 Å². The maximum absolute atomic E-state index is 5.81. The summed E-state index contributed by atoms with van der Waals surface area (Å²) in [6.45, 7) is 4.77. The summed E-state index contributed by atoms with van der Waals surface area (Å²) in [5.41, 5.74) is 13.9. The summed E-state index contributed by atoms with van der Waals surface area (Å²) in [5, 5.41) is 0. The van der Waals surface area contributed by atoms with Gasteiger partial charge < -0.3 is 21.1 Å². The van der Waals surface area contributed by atoms with Crippen molar-refractivity contribution < 1.29 is 4.74 Å². The highest BCUT2D eigenvalue weighted by molar-refractivity contribution is 5.69. The Morgan fingerprint density at radius 1 is 1.38 bits per heavy atom. The first-order valence-corrected chi connectivity index (χ1v) is 5.72. The number of ether oxygens (including phenoxy) is 1. The molecule has 0 radical (unpaired) electrons. The fourth-order valence-electron chi connectivity index (χ4n) is 1.96. The number of nitrogens with zero attached hydrogens (tertiary/aromatic N) is 1. The molecule has 16 heavy (non-hydrogen) atoms. The van der Waals surface area contributed by atoms with Crippen LogP contribution in [-0.2, 0) is 4.74 Å². The van der Waals surface area contributed by atoms with E-state index in [0.717, 1.165) is 31.8 Å². The van der Waals surface area contributed by atoms with E-state index in [1.54, 1.807) is 0 Å². The second-order valence-corrected chi connectivity index (χ2v) is 4.16. The lowest BCUT2D eigenvalue weighted by Crippen LogP contribution is -2.42. The van der Waals surface area contributed by atoms with Gasteiger partial charge in [-0.3, -0.25) is 0 Å². The van der Waals surface area contributed by atoms with E-state index in [1.165, 1.54) is 0 Å². The van der Waals surface area contributed by atoms with Crippen LogP contribution in [0.2, 0.25) is 0 Å². The van der Waals surface area contributed by atoms with Gasteiger partial charge in [0.2, 0.25) is 0 Å². The summed E-state index contributed by atoms with van der Waals surface area (Å²) < 4.78 is 5.64. The van der Waals surface area contributed by atoms with E-state index in [2.05, 4.69) is 11.8 Å². The molecule has 1 aromatic carbocycles.